The summed E-state index contributed by atoms with van der Waals surface area (Å²) in [6.45, 7) is 10.7. The number of hydrogen-bond acceptors (Lipinski definition) is 5. The first-order chi connectivity index (χ1) is 13.2. The smallest absolute Gasteiger partial charge is 0.195 e. The number of benzene rings is 1. The second-order valence-corrected chi connectivity index (χ2v) is 6.56. The number of morpholine rings is 1. The van der Waals surface area contributed by atoms with Crippen LogP contribution < -0.4 is 15.4 Å². The second kappa shape index (κ2) is 12.5. The molecule has 0 saturated carbocycles. The van der Waals surface area contributed by atoms with Crippen LogP contribution in [0.2, 0.25) is 0 Å². The quantitative estimate of drug-likeness (QED) is 0.370. The van der Waals surface area contributed by atoms with Gasteiger partial charge in [-0.25, -0.2) is 0 Å². The summed E-state index contributed by atoms with van der Waals surface area (Å²) in [4.78, 5) is 7.18. The number of guanidine groups is 1. The van der Waals surface area contributed by atoms with Crippen molar-refractivity contribution in [3.8, 4) is 5.75 Å². The van der Waals surface area contributed by atoms with E-state index in [1.807, 2.05) is 24.3 Å². The van der Waals surface area contributed by atoms with Crippen molar-refractivity contribution < 1.29 is 14.2 Å². The van der Waals surface area contributed by atoms with Crippen LogP contribution in [0.3, 0.4) is 0 Å². The number of aliphatic imine (C=N–C) groups is 1. The molecule has 0 amide bonds. The van der Waals surface area contributed by atoms with Crippen molar-refractivity contribution in [3.05, 3.63) is 24.3 Å². The van der Waals surface area contributed by atoms with E-state index in [9.17, 15) is 0 Å². The third kappa shape index (κ3) is 8.15. The lowest BCUT2D eigenvalue weighted by Gasteiger charge is -2.31. The largest absolute Gasteiger partial charge is 0.493 e. The summed E-state index contributed by atoms with van der Waals surface area (Å²) in [5, 5.41) is 6.68. The van der Waals surface area contributed by atoms with Gasteiger partial charge in [-0.1, -0.05) is 6.07 Å². The molecule has 1 atom stereocenters. The minimum atomic E-state index is 0.389. The summed E-state index contributed by atoms with van der Waals surface area (Å²) < 4.78 is 16.2. The van der Waals surface area contributed by atoms with Crippen LogP contribution in [-0.4, -0.2) is 76.6 Å². The molecule has 1 aliphatic heterocycles. The van der Waals surface area contributed by atoms with Crippen LogP contribution in [0.15, 0.2) is 29.3 Å². The van der Waals surface area contributed by atoms with Crippen molar-refractivity contribution in [1.29, 1.82) is 0 Å². The van der Waals surface area contributed by atoms with Gasteiger partial charge < -0.3 is 24.8 Å². The standard InChI is InChI=1S/C20H34N4O3/c1-4-21-20(22-16-17(2)24-9-13-26-14-10-24)23-18-7-5-8-19(15-18)27-12-6-11-25-3/h5,7-8,15,17H,4,6,9-14,16H2,1-3H3,(H2,21,22,23). The summed E-state index contributed by atoms with van der Waals surface area (Å²) in [7, 11) is 1.70. The molecular formula is C20H34N4O3. The molecule has 0 spiro atoms. The van der Waals surface area contributed by atoms with Crippen LogP contribution >= 0.6 is 0 Å². The molecule has 7 heteroatoms. The highest BCUT2D eigenvalue weighted by molar-refractivity contribution is 5.93. The fraction of sp³-hybridized carbons (Fsp3) is 0.650. The van der Waals surface area contributed by atoms with Crippen LogP contribution in [-0.2, 0) is 9.47 Å². The van der Waals surface area contributed by atoms with Crippen LogP contribution in [0.4, 0.5) is 5.69 Å². The molecule has 0 aromatic heterocycles. The van der Waals surface area contributed by atoms with Gasteiger partial charge in [0.25, 0.3) is 0 Å². The van der Waals surface area contributed by atoms with E-state index in [1.54, 1.807) is 7.11 Å². The van der Waals surface area contributed by atoms with E-state index in [-0.39, 0.29) is 0 Å². The predicted octanol–water partition coefficient (Wildman–Crippen LogP) is 2.20. The Hall–Kier alpha value is -1.83. The number of anilines is 1. The molecule has 2 N–H and O–H groups in total. The Morgan fingerprint density at radius 1 is 1.30 bits per heavy atom. The lowest BCUT2D eigenvalue weighted by Crippen LogP contribution is -2.44. The van der Waals surface area contributed by atoms with Gasteiger partial charge in [0.2, 0.25) is 0 Å². The molecule has 1 heterocycles. The molecule has 152 valence electrons. The Morgan fingerprint density at radius 3 is 2.85 bits per heavy atom. The van der Waals surface area contributed by atoms with E-state index in [2.05, 4.69) is 29.4 Å². The average Bonchev–Trinajstić information content (AvgIpc) is 2.70. The Labute approximate surface area is 163 Å². The Kier molecular flexibility index (Phi) is 9.97. The molecule has 1 saturated heterocycles. The molecule has 1 aliphatic rings. The van der Waals surface area contributed by atoms with Gasteiger partial charge in [-0.2, -0.15) is 0 Å². The monoisotopic (exact) mass is 378 g/mol. The molecule has 27 heavy (non-hydrogen) atoms. The fourth-order valence-corrected chi connectivity index (χ4v) is 2.86. The SMILES string of the molecule is CCNC(=NCC(C)N1CCOCC1)Nc1cccc(OCCCOC)c1. The van der Waals surface area contributed by atoms with Crippen molar-refractivity contribution in [2.24, 2.45) is 4.99 Å². The summed E-state index contributed by atoms with van der Waals surface area (Å²) in [5.41, 5.74) is 0.956. The van der Waals surface area contributed by atoms with E-state index in [1.165, 1.54) is 0 Å². The third-order valence-corrected chi connectivity index (χ3v) is 4.39. The highest BCUT2D eigenvalue weighted by Gasteiger charge is 2.16. The molecule has 1 unspecified atom stereocenters. The molecule has 1 aromatic rings. The number of rotatable bonds is 10. The van der Waals surface area contributed by atoms with E-state index in [0.717, 1.165) is 63.2 Å². The lowest BCUT2D eigenvalue weighted by molar-refractivity contribution is 0.0220. The second-order valence-electron chi connectivity index (χ2n) is 6.56. The van der Waals surface area contributed by atoms with E-state index < -0.39 is 0 Å². The topological polar surface area (TPSA) is 67.4 Å². The molecule has 1 fully saturated rings. The maximum absolute atomic E-state index is 5.77. The normalized spacial score (nSPS) is 16.8. The third-order valence-electron chi connectivity index (χ3n) is 4.39. The summed E-state index contributed by atoms with van der Waals surface area (Å²) >= 11 is 0. The zero-order valence-corrected chi connectivity index (χ0v) is 16.9. The highest BCUT2D eigenvalue weighted by atomic mass is 16.5. The van der Waals surface area contributed by atoms with Crippen LogP contribution in [0.25, 0.3) is 0 Å². The van der Waals surface area contributed by atoms with Gasteiger partial charge in [0.1, 0.15) is 5.75 Å². The van der Waals surface area contributed by atoms with Crippen LogP contribution in [0.1, 0.15) is 20.3 Å². The maximum atomic E-state index is 5.77. The summed E-state index contributed by atoms with van der Waals surface area (Å²) in [6.07, 6.45) is 0.873. The van der Waals surface area contributed by atoms with Gasteiger partial charge in [-0.3, -0.25) is 9.89 Å². The Morgan fingerprint density at radius 2 is 2.11 bits per heavy atom. The summed E-state index contributed by atoms with van der Waals surface area (Å²) in [5.74, 6) is 1.63. The van der Waals surface area contributed by atoms with Gasteiger partial charge in [0.05, 0.1) is 26.4 Å². The molecular weight excluding hydrogens is 344 g/mol. The van der Waals surface area contributed by atoms with Gasteiger partial charge in [0, 0.05) is 57.6 Å². The minimum absolute atomic E-state index is 0.389. The van der Waals surface area contributed by atoms with Gasteiger partial charge in [-0.05, 0) is 26.0 Å². The number of methoxy groups -OCH3 is 1. The van der Waals surface area contributed by atoms with E-state index >= 15 is 0 Å². The minimum Gasteiger partial charge on any atom is -0.493 e. The first-order valence-corrected chi connectivity index (χ1v) is 9.82. The predicted molar refractivity (Wildman–Crippen MR) is 110 cm³/mol. The number of hydrogen-bond donors (Lipinski definition) is 2. The summed E-state index contributed by atoms with van der Waals surface area (Å²) in [6, 6.07) is 8.33. The van der Waals surface area contributed by atoms with Crippen molar-refractivity contribution in [2.75, 3.05) is 65.0 Å². The lowest BCUT2D eigenvalue weighted by atomic mass is 10.2. The Balaban J connectivity index is 1.90. The first-order valence-electron chi connectivity index (χ1n) is 9.82. The number of nitrogens with one attached hydrogen (secondary N) is 2. The van der Waals surface area contributed by atoms with Gasteiger partial charge in [-0.15, -0.1) is 0 Å². The number of ether oxygens (including phenoxy) is 3. The van der Waals surface area contributed by atoms with E-state index in [4.69, 9.17) is 19.2 Å². The van der Waals surface area contributed by atoms with E-state index in [0.29, 0.717) is 19.3 Å². The zero-order valence-electron chi connectivity index (χ0n) is 16.9. The van der Waals surface area contributed by atoms with Crippen molar-refractivity contribution in [1.82, 2.24) is 10.2 Å². The highest BCUT2D eigenvalue weighted by Crippen LogP contribution is 2.17. The van der Waals surface area contributed by atoms with Gasteiger partial charge >= 0.3 is 0 Å². The first kappa shape index (κ1) is 21.5. The molecule has 7 nitrogen and oxygen atoms in total. The average molecular weight is 379 g/mol. The number of nitrogens with zero attached hydrogens (tertiary/aromatic N) is 2. The molecule has 0 radical (unpaired) electrons. The molecule has 2 rings (SSSR count). The van der Waals surface area contributed by atoms with Crippen molar-refractivity contribution in [2.45, 2.75) is 26.3 Å². The Bertz CT molecular complexity index is 562. The zero-order chi connectivity index (χ0) is 19.3. The fourth-order valence-electron chi connectivity index (χ4n) is 2.86. The van der Waals surface area contributed by atoms with Crippen molar-refractivity contribution in [3.63, 3.8) is 0 Å². The van der Waals surface area contributed by atoms with Crippen LogP contribution in [0.5, 0.6) is 5.75 Å². The molecule has 1 aromatic carbocycles. The van der Waals surface area contributed by atoms with Gasteiger partial charge in [0.15, 0.2) is 5.96 Å². The van der Waals surface area contributed by atoms with Crippen LogP contribution in [0, 0.1) is 0 Å². The maximum Gasteiger partial charge on any atom is 0.195 e. The van der Waals surface area contributed by atoms with Crippen molar-refractivity contribution >= 4 is 11.6 Å². The molecule has 0 aliphatic carbocycles. The molecule has 0 bridgehead atoms.